The van der Waals surface area contributed by atoms with Crippen molar-refractivity contribution in [2.45, 2.75) is 52.2 Å². The second-order valence-corrected chi connectivity index (χ2v) is 7.75. The molecule has 1 aliphatic carbocycles. The van der Waals surface area contributed by atoms with Gasteiger partial charge >= 0.3 is 5.97 Å². The summed E-state index contributed by atoms with van der Waals surface area (Å²) in [6, 6.07) is 7.21. The molecule has 152 valence electrons. The first-order valence-electron chi connectivity index (χ1n) is 9.82. The van der Waals surface area contributed by atoms with E-state index in [1.165, 1.54) is 12.5 Å². The Morgan fingerprint density at radius 2 is 2.00 bits per heavy atom. The molecule has 1 fully saturated rings. The molecule has 0 spiro atoms. The molecule has 4 rings (SSSR count). The largest absolute Gasteiger partial charge is 0.493 e. The molecule has 3 unspecified atom stereocenters. The topological polar surface area (TPSA) is 75.0 Å². The Morgan fingerprint density at radius 3 is 2.76 bits per heavy atom. The number of furan rings is 1. The highest BCUT2D eigenvalue weighted by atomic mass is 16.6. The number of rotatable bonds is 4. The number of carbonyl (C=O) groups is 2. The lowest BCUT2D eigenvalue weighted by atomic mass is 9.80. The number of ether oxygens (including phenoxy) is 3. The Balaban J connectivity index is 1.43. The monoisotopic (exact) mass is 396 g/mol. The van der Waals surface area contributed by atoms with Crippen molar-refractivity contribution in [3.05, 3.63) is 65.0 Å². The van der Waals surface area contributed by atoms with Crippen LogP contribution in [0.25, 0.3) is 0 Å². The van der Waals surface area contributed by atoms with Crippen LogP contribution in [-0.4, -0.2) is 24.0 Å². The average Bonchev–Trinajstić information content (AvgIpc) is 3.23. The van der Waals surface area contributed by atoms with Gasteiger partial charge in [0.25, 0.3) is 0 Å². The molecular formula is C23H24O6. The van der Waals surface area contributed by atoms with E-state index < -0.39 is 5.97 Å². The zero-order chi connectivity index (χ0) is 20.5. The zero-order valence-electron chi connectivity index (χ0n) is 16.8. The van der Waals surface area contributed by atoms with Crippen LogP contribution in [0.2, 0.25) is 0 Å². The summed E-state index contributed by atoms with van der Waals surface area (Å²) >= 11 is 0. The molecule has 3 atom stereocenters. The summed E-state index contributed by atoms with van der Waals surface area (Å²) in [4.78, 5) is 25.0. The fraction of sp³-hybridized carbons (Fsp3) is 0.391. The molecule has 0 saturated heterocycles. The average molecular weight is 396 g/mol. The number of benzene rings is 1. The number of hydrogen-bond donors (Lipinski definition) is 0. The molecule has 0 amide bonds. The molecule has 6 heteroatoms. The molecule has 6 nitrogen and oxygen atoms in total. The van der Waals surface area contributed by atoms with Crippen molar-refractivity contribution >= 4 is 11.8 Å². The van der Waals surface area contributed by atoms with Gasteiger partial charge in [-0.1, -0.05) is 6.07 Å². The smallest absolute Gasteiger partial charge is 0.374 e. The molecule has 2 heterocycles. The second kappa shape index (κ2) is 7.78. The summed E-state index contributed by atoms with van der Waals surface area (Å²) in [5.74, 6) is 0.226. The summed E-state index contributed by atoms with van der Waals surface area (Å²) in [5.41, 5.74) is 3.19. The van der Waals surface area contributed by atoms with Crippen LogP contribution in [0.15, 0.2) is 47.0 Å². The highest BCUT2D eigenvalue weighted by molar-refractivity contribution is 5.96. The summed E-state index contributed by atoms with van der Waals surface area (Å²) in [6.07, 6.45) is 3.84. The van der Waals surface area contributed by atoms with E-state index in [9.17, 15) is 9.59 Å². The van der Waals surface area contributed by atoms with Crippen LogP contribution in [0.4, 0.5) is 0 Å². The van der Waals surface area contributed by atoms with Gasteiger partial charge in [0.2, 0.25) is 17.3 Å². The summed E-state index contributed by atoms with van der Waals surface area (Å²) < 4.78 is 22.3. The number of carbonyl (C=O) groups excluding carboxylic acids is 2. The van der Waals surface area contributed by atoms with E-state index >= 15 is 0 Å². The second-order valence-electron chi connectivity index (χ2n) is 7.75. The van der Waals surface area contributed by atoms with E-state index in [2.05, 4.69) is 6.07 Å². The lowest BCUT2D eigenvalue weighted by molar-refractivity contribution is -0.132. The van der Waals surface area contributed by atoms with Crippen molar-refractivity contribution in [3.63, 3.8) is 0 Å². The standard InChI is InChI=1S/C23H24O6/c1-13-9-14(2)15(3)19(10-13)29-21-12-27-20-11-16(6-7-17(20)22(21)24)28-23(25)18-5-4-8-26-18/h4-5,8-10,12,16-17,20H,6-7,11H2,1-3H3. The van der Waals surface area contributed by atoms with Gasteiger partial charge in [-0.2, -0.15) is 0 Å². The Labute approximate surface area is 169 Å². The first-order valence-corrected chi connectivity index (χ1v) is 9.82. The molecule has 1 saturated carbocycles. The van der Waals surface area contributed by atoms with Crippen molar-refractivity contribution in [1.82, 2.24) is 0 Å². The van der Waals surface area contributed by atoms with Crippen molar-refractivity contribution in [2.75, 3.05) is 0 Å². The SMILES string of the molecule is Cc1cc(C)c(C)c(OC2=COC3CC(OC(=O)c4ccco4)CCC3C2=O)c1. The van der Waals surface area contributed by atoms with Gasteiger partial charge in [0, 0.05) is 6.42 Å². The number of aryl methyl sites for hydroxylation is 2. The van der Waals surface area contributed by atoms with Crippen LogP contribution >= 0.6 is 0 Å². The number of allylic oxidation sites excluding steroid dienone is 1. The third-order valence-corrected chi connectivity index (χ3v) is 5.65. The molecule has 1 aromatic carbocycles. The Kier molecular flexibility index (Phi) is 5.18. The summed E-state index contributed by atoms with van der Waals surface area (Å²) in [7, 11) is 0. The minimum atomic E-state index is -0.495. The molecular weight excluding hydrogens is 372 g/mol. The maximum Gasteiger partial charge on any atom is 0.374 e. The van der Waals surface area contributed by atoms with Crippen LogP contribution in [0.5, 0.6) is 5.75 Å². The van der Waals surface area contributed by atoms with Crippen LogP contribution in [0.1, 0.15) is 46.5 Å². The fourth-order valence-corrected chi connectivity index (χ4v) is 3.94. The molecule has 1 aliphatic heterocycles. The van der Waals surface area contributed by atoms with Crippen molar-refractivity contribution < 1.29 is 28.2 Å². The van der Waals surface area contributed by atoms with Crippen LogP contribution in [-0.2, 0) is 14.3 Å². The minimum Gasteiger partial charge on any atom is -0.493 e. The predicted octanol–water partition coefficient (Wildman–Crippen LogP) is 4.42. The van der Waals surface area contributed by atoms with E-state index in [-0.39, 0.29) is 35.4 Å². The van der Waals surface area contributed by atoms with Crippen LogP contribution in [0.3, 0.4) is 0 Å². The van der Waals surface area contributed by atoms with E-state index in [0.717, 1.165) is 16.7 Å². The molecule has 0 N–H and O–H groups in total. The van der Waals surface area contributed by atoms with E-state index in [1.54, 1.807) is 12.1 Å². The van der Waals surface area contributed by atoms with Crippen LogP contribution in [0, 0.1) is 26.7 Å². The van der Waals surface area contributed by atoms with Crippen LogP contribution < -0.4 is 4.74 Å². The third-order valence-electron chi connectivity index (χ3n) is 5.65. The van der Waals surface area contributed by atoms with Gasteiger partial charge in [-0.3, -0.25) is 4.79 Å². The van der Waals surface area contributed by atoms with Gasteiger partial charge in [-0.05, 0) is 68.5 Å². The molecule has 29 heavy (non-hydrogen) atoms. The number of ketones is 1. The molecule has 1 aromatic heterocycles. The van der Waals surface area contributed by atoms with E-state index in [1.807, 2.05) is 26.8 Å². The van der Waals surface area contributed by atoms with Crippen molar-refractivity contribution in [2.24, 2.45) is 5.92 Å². The van der Waals surface area contributed by atoms with Crippen molar-refractivity contribution in [3.8, 4) is 5.75 Å². The van der Waals surface area contributed by atoms with Gasteiger partial charge in [0.1, 0.15) is 24.2 Å². The van der Waals surface area contributed by atoms with Gasteiger partial charge in [-0.15, -0.1) is 0 Å². The highest BCUT2D eigenvalue weighted by Gasteiger charge is 2.42. The Bertz CT molecular complexity index is 956. The zero-order valence-corrected chi connectivity index (χ0v) is 16.8. The predicted molar refractivity (Wildman–Crippen MR) is 104 cm³/mol. The molecule has 0 radical (unpaired) electrons. The lowest BCUT2D eigenvalue weighted by Gasteiger charge is -2.36. The Morgan fingerprint density at radius 1 is 1.17 bits per heavy atom. The maximum absolute atomic E-state index is 13.0. The maximum atomic E-state index is 13.0. The molecule has 0 bridgehead atoms. The third kappa shape index (κ3) is 3.92. The number of fused-ring (bicyclic) bond motifs is 1. The first kappa shape index (κ1) is 19.3. The Hall–Kier alpha value is -3.02. The molecule has 2 aromatic rings. The summed E-state index contributed by atoms with van der Waals surface area (Å²) in [5, 5.41) is 0. The van der Waals surface area contributed by atoms with Gasteiger partial charge < -0.3 is 18.6 Å². The number of esters is 1. The number of hydrogen-bond acceptors (Lipinski definition) is 6. The minimum absolute atomic E-state index is 0.0596. The van der Waals surface area contributed by atoms with Gasteiger partial charge in [-0.25, -0.2) is 4.79 Å². The van der Waals surface area contributed by atoms with Crippen molar-refractivity contribution in [1.29, 1.82) is 0 Å². The number of Topliss-reactive ketones (excluding diaryl/α,β-unsaturated/α-hetero) is 1. The lowest BCUT2D eigenvalue weighted by Crippen LogP contribution is -2.43. The van der Waals surface area contributed by atoms with E-state index in [4.69, 9.17) is 18.6 Å². The first-order chi connectivity index (χ1) is 13.9. The molecule has 2 aliphatic rings. The highest BCUT2D eigenvalue weighted by Crippen LogP contribution is 2.36. The van der Waals surface area contributed by atoms with E-state index in [0.29, 0.717) is 25.0 Å². The summed E-state index contributed by atoms with van der Waals surface area (Å²) in [6.45, 7) is 5.98. The quantitative estimate of drug-likeness (QED) is 0.712. The fourth-order valence-electron chi connectivity index (χ4n) is 3.94. The van der Waals surface area contributed by atoms with Gasteiger partial charge in [0.05, 0.1) is 12.2 Å². The normalized spacial score (nSPS) is 23.6. The van der Waals surface area contributed by atoms with Gasteiger partial charge in [0.15, 0.2) is 0 Å².